The average molecular weight is 361 g/mol. The lowest BCUT2D eigenvalue weighted by molar-refractivity contribution is 0.213. The van der Waals surface area contributed by atoms with Gasteiger partial charge in [-0.1, -0.05) is 37.3 Å². The number of rotatable bonds is 6. The molecule has 5 heteroatoms. The Morgan fingerprint density at radius 2 is 1.74 bits per heavy atom. The number of hydrogen-bond acceptors (Lipinski definition) is 4. The number of likely N-dealkylation sites (tertiary alicyclic amines) is 1. The smallest absolute Gasteiger partial charge is 0.160 e. The maximum Gasteiger partial charge on any atom is 0.160 e. The summed E-state index contributed by atoms with van der Waals surface area (Å²) in [5.41, 5.74) is 2.54. The van der Waals surface area contributed by atoms with Gasteiger partial charge in [-0.15, -0.1) is 0 Å². The van der Waals surface area contributed by atoms with E-state index in [1.165, 1.54) is 5.56 Å². The second-order valence-corrected chi connectivity index (χ2v) is 7.18. The summed E-state index contributed by atoms with van der Waals surface area (Å²) < 4.78 is 2.10. The quantitative estimate of drug-likeness (QED) is 0.672. The molecule has 27 heavy (non-hydrogen) atoms. The van der Waals surface area contributed by atoms with Crippen LogP contribution in [0.1, 0.15) is 42.8 Å². The van der Waals surface area contributed by atoms with Crippen LogP contribution in [0.25, 0.3) is 5.82 Å². The van der Waals surface area contributed by atoms with E-state index in [4.69, 9.17) is 4.98 Å². The minimum absolute atomic E-state index is 0.466. The Morgan fingerprint density at radius 3 is 2.52 bits per heavy atom. The fraction of sp³-hybridized carbons (Fsp3) is 0.409. The van der Waals surface area contributed by atoms with Gasteiger partial charge >= 0.3 is 0 Å². The van der Waals surface area contributed by atoms with Crippen LogP contribution in [0, 0.1) is 0 Å². The molecule has 140 valence electrons. The van der Waals surface area contributed by atoms with Crippen molar-refractivity contribution < 1.29 is 0 Å². The molecule has 0 N–H and O–H groups in total. The lowest BCUT2D eigenvalue weighted by atomic mass is 9.92. The number of aromatic nitrogens is 4. The number of imidazole rings is 1. The van der Waals surface area contributed by atoms with Crippen LogP contribution in [0.2, 0.25) is 0 Å². The second-order valence-electron chi connectivity index (χ2n) is 7.18. The van der Waals surface area contributed by atoms with Crippen LogP contribution in [-0.2, 0) is 12.8 Å². The fourth-order valence-corrected chi connectivity index (χ4v) is 3.97. The Bertz CT molecular complexity index is 850. The van der Waals surface area contributed by atoms with Crippen LogP contribution in [0.3, 0.4) is 0 Å². The van der Waals surface area contributed by atoms with Gasteiger partial charge in [-0.05, 0) is 37.9 Å². The average Bonchev–Trinajstić information content (AvgIpc) is 3.22. The highest BCUT2D eigenvalue weighted by atomic mass is 15.1. The minimum atomic E-state index is 0.466. The molecule has 2 aromatic heterocycles. The second kappa shape index (κ2) is 8.44. The van der Waals surface area contributed by atoms with Gasteiger partial charge in [0.15, 0.2) is 5.82 Å². The molecular formula is C22H27N5. The number of benzene rings is 1. The molecule has 1 saturated heterocycles. The third-order valence-corrected chi connectivity index (χ3v) is 5.50. The van der Waals surface area contributed by atoms with Crippen LogP contribution in [0.5, 0.6) is 0 Å². The Hall–Kier alpha value is -2.53. The van der Waals surface area contributed by atoms with Crippen molar-refractivity contribution >= 4 is 0 Å². The predicted octanol–water partition coefficient (Wildman–Crippen LogP) is 3.65. The van der Waals surface area contributed by atoms with E-state index in [1.807, 2.05) is 18.6 Å². The van der Waals surface area contributed by atoms with Crippen molar-refractivity contribution in [3.05, 3.63) is 72.2 Å². The first kappa shape index (κ1) is 17.9. The lowest BCUT2D eigenvalue weighted by Crippen LogP contribution is -2.35. The van der Waals surface area contributed by atoms with Gasteiger partial charge in [0.05, 0.1) is 5.69 Å². The highest BCUT2D eigenvalue weighted by molar-refractivity contribution is 5.33. The molecule has 1 fully saturated rings. The molecule has 1 aliphatic heterocycles. The van der Waals surface area contributed by atoms with E-state index >= 15 is 0 Å². The highest BCUT2D eigenvalue weighted by Gasteiger charge is 2.25. The number of nitrogens with zero attached hydrogens (tertiary/aromatic N) is 5. The molecule has 3 aromatic rings. The molecule has 0 bridgehead atoms. The number of aryl methyl sites for hydroxylation is 1. The number of hydrogen-bond donors (Lipinski definition) is 0. The van der Waals surface area contributed by atoms with E-state index < -0.39 is 0 Å². The van der Waals surface area contributed by atoms with E-state index in [0.717, 1.165) is 62.7 Å². The van der Waals surface area contributed by atoms with Crippen molar-refractivity contribution in [2.24, 2.45) is 0 Å². The van der Waals surface area contributed by atoms with Crippen LogP contribution < -0.4 is 0 Å². The molecule has 0 atom stereocenters. The van der Waals surface area contributed by atoms with Gasteiger partial charge in [0.2, 0.25) is 0 Å². The molecule has 0 unspecified atom stereocenters. The van der Waals surface area contributed by atoms with Crippen LogP contribution in [0.15, 0.2) is 55.1 Å². The Kier molecular flexibility index (Phi) is 5.58. The molecule has 0 saturated carbocycles. The summed E-state index contributed by atoms with van der Waals surface area (Å²) in [5, 5.41) is 0. The van der Waals surface area contributed by atoms with Gasteiger partial charge in [0, 0.05) is 43.7 Å². The zero-order chi connectivity index (χ0) is 18.5. The summed E-state index contributed by atoms with van der Waals surface area (Å²) in [7, 11) is 0. The van der Waals surface area contributed by atoms with Gasteiger partial charge in [0.1, 0.15) is 5.82 Å². The molecule has 1 aliphatic rings. The molecule has 1 aromatic carbocycles. The van der Waals surface area contributed by atoms with E-state index in [0.29, 0.717) is 5.92 Å². The first-order valence-electron chi connectivity index (χ1n) is 9.95. The maximum absolute atomic E-state index is 4.72. The molecular weight excluding hydrogens is 334 g/mol. The summed E-state index contributed by atoms with van der Waals surface area (Å²) in [6.45, 7) is 5.50. The summed E-state index contributed by atoms with van der Waals surface area (Å²) in [5.74, 6) is 2.46. The van der Waals surface area contributed by atoms with Gasteiger partial charge in [-0.25, -0.2) is 9.97 Å². The standard InChI is InChI=1S/C22H27N5/c1-2-20-23-13-17-27(20)22-21(24-11-12-25-22)19-9-15-26(16-10-19)14-8-18-6-4-3-5-7-18/h3-7,11-13,17,19H,2,8-10,14-16H2,1H3. The van der Waals surface area contributed by atoms with E-state index in [1.54, 1.807) is 6.20 Å². The molecule has 0 amide bonds. The molecule has 0 spiro atoms. The number of piperidine rings is 1. The molecule has 4 rings (SSSR count). The van der Waals surface area contributed by atoms with Crippen molar-refractivity contribution in [1.82, 2.24) is 24.4 Å². The van der Waals surface area contributed by atoms with Crippen molar-refractivity contribution in [3.63, 3.8) is 0 Å². The summed E-state index contributed by atoms with van der Waals surface area (Å²) >= 11 is 0. The largest absolute Gasteiger partial charge is 0.303 e. The zero-order valence-electron chi connectivity index (χ0n) is 16.0. The van der Waals surface area contributed by atoms with Crippen molar-refractivity contribution in [3.8, 4) is 5.82 Å². The Labute approximate surface area is 161 Å². The topological polar surface area (TPSA) is 46.8 Å². The summed E-state index contributed by atoms with van der Waals surface area (Å²) in [4.78, 5) is 16.4. The van der Waals surface area contributed by atoms with Crippen molar-refractivity contribution in [2.75, 3.05) is 19.6 Å². The van der Waals surface area contributed by atoms with Crippen LogP contribution in [0.4, 0.5) is 0 Å². The summed E-state index contributed by atoms with van der Waals surface area (Å²) in [6.07, 6.45) is 11.7. The predicted molar refractivity (Wildman–Crippen MR) is 107 cm³/mol. The van der Waals surface area contributed by atoms with Gasteiger partial charge in [0.25, 0.3) is 0 Å². The van der Waals surface area contributed by atoms with Crippen LogP contribution >= 0.6 is 0 Å². The maximum atomic E-state index is 4.72. The first-order valence-corrected chi connectivity index (χ1v) is 9.95. The normalized spacial score (nSPS) is 15.9. The van der Waals surface area contributed by atoms with Gasteiger partial charge in [-0.3, -0.25) is 9.55 Å². The highest BCUT2D eigenvalue weighted by Crippen LogP contribution is 2.30. The van der Waals surface area contributed by atoms with Gasteiger partial charge < -0.3 is 4.90 Å². The zero-order valence-corrected chi connectivity index (χ0v) is 16.0. The molecule has 3 heterocycles. The minimum Gasteiger partial charge on any atom is -0.303 e. The van der Waals surface area contributed by atoms with E-state index in [2.05, 4.69) is 56.7 Å². The SMILES string of the molecule is CCc1nccn1-c1nccnc1C1CCN(CCc2ccccc2)CC1. The first-order chi connectivity index (χ1) is 13.3. The monoisotopic (exact) mass is 361 g/mol. The Balaban J connectivity index is 1.41. The molecule has 0 aliphatic carbocycles. The molecule has 0 radical (unpaired) electrons. The van der Waals surface area contributed by atoms with Crippen molar-refractivity contribution in [2.45, 2.75) is 38.5 Å². The molecule has 5 nitrogen and oxygen atoms in total. The van der Waals surface area contributed by atoms with Crippen molar-refractivity contribution in [1.29, 1.82) is 0 Å². The van der Waals surface area contributed by atoms with Crippen LogP contribution in [-0.4, -0.2) is 44.1 Å². The third-order valence-electron chi connectivity index (χ3n) is 5.50. The van der Waals surface area contributed by atoms with Gasteiger partial charge in [-0.2, -0.15) is 0 Å². The van der Waals surface area contributed by atoms with E-state index in [-0.39, 0.29) is 0 Å². The third kappa shape index (κ3) is 4.08. The van der Waals surface area contributed by atoms with E-state index in [9.17, 15) is 0 Å². The lowest BCUT2D eigenvalue weighted by Gasteiger charge is -2.32. The summed E-state index contributed by atoms with van der Waals surface area (Å²) in [6, 6.07) is 10.8. The fourth-order valence-electron chi connectivity index (χ4n) is 3.97. The Morgan fingerprint density at radius 1 is 0.963 bits per heavy atom.